The number of amides is 1. The van der Waals surface area contributed by atoms with Crippen molar-refractivity contribution in [2.75, 3.05) is 7.05 Å². The van der Waals surface area contributed by atoms with E-state index in [4.69, 9.17) is 9.26 Å². The van der Waals surface area contributed by atoms with Crippen molar-refractivity contribution < 1.29 is 14.1 Å². The summed E-state index contributed by atoms with van der Waals surface area (Å²) < 4.78 is 11.2. The van der Waals surface area contributed by atoms with Crippen LogP contribution in [0.1, 0.15) is 29.5 Å². The molecule has 0 aliphatic heterocycles. The van der Waals surface area contributed by atoms with Crippen LogP contribution in [0.4, 0.5) is 0 Å². The molecule has 0 saturated heterocycles. The molecule has 0 N–H and O–H groups in total. The number of carbonyl (C=O) groups excluding carboxylic acids is 1. The molecule has 0 radical (unpaired) electrons. The Bertz CT molecular complexity index is 981. The van der Waals surface area contributed by atoms with E-state index in [1.165, 1.54) is 4.90 Å². The summed E-state index contributed by atoms with van der Waals surface area (Å²) in [6.07, 6.45) is -0.620. The van der Waals surface area contributed by atoms with Crippen LogP contribution in [0.15, 0.2) is 47.0 Å². The number of hydrogen-bond donors (Lipinski definition) is 0. The molecule has 1 atom stereocenters. The van der Waals surface area contributed by atoms with Crippen molar-refractivity contribution >= 4 is 5.91 Å². The molecule has 1 aromatic heterocycles. The van der Waals surface area contributed by atoms with Gasteiger partial charge >= 0.3 is 0 Å². The van der Waals surface area contributed by atoms with Crippen molar-refractivity contribution in [2.24, 2.45) is 0 Å². The largest absolute Gasteiger partial charge is 0.481 e. The second-order valence-electron chi connectivity index (χ2n) is 7.10. The lowest BCUT2D eigenvalue weighted by Gasteiger charge is -2.21. The van der Waals surface area contributed by atoms with Gasteiger partial charge in [-0.15, -0.1) is 0 Å². The van der Waals surface area contributed by atoms with Gasteiger partial charge in [-0.25, -0.2) is 0 Å². The van der Waals surface area contributed by atoms with Crippen molar-refractivity contribution in [2.45, 2.75) is 40.3 Å². The van der Waals surface area contributed by atoms with Crippen LogP contribution in [0.3, 0.4) is 0 Å². The highest BCUT2D eigenvalue weighted by Crippen LogP contribution is 2.21. The fraction of sp³-hybridized carbons (Fsp3) is 0.318. The first-order chi connectivity index (χ1) is 13.3. The van der Waals surface area contributed by atoms with E-state index in [0.717, 1.165) is 22.3 Å². The normalized spacial score (nSPS) is 11.9. The number of aromatic nitrogens is 2. The predicted molar refractivity (Wildman–Crippen MR) is 107 cm³/mol. The van der Waals surface area contributed by atoms with Crippen molar-refractivity contribution in [3.63, 3.8) is 0 Å². The minimum atomic E-state index is -0.620. The monoisotopic (exact) mass is 379 g/mol. The third-order valence-corrected chi connectivity index (χ3v) is 4.47. The lowest BCUT2D eigenvalue weighted by molar-refractivity contribution is -0.137. The summed E-state index contributed by atoms with van der Waals surface area (Å²) in [5.41, 5.74) is 4.16. The smallest absolute Gasteiger partial charge is 0.263 e. The third kappa shape index (κ3) is 4.57. The fourth-order valence-corrected chi connectivity index (χ4v) is 2.98. The first kappa shape index (κ1) is 19.6. The molecule has 3 rings (SSSR count). The third-order valence-electron chi connectivity index (χ3n) is 4.47. The minimum absolute atomic E-state index is 0.157. The summed E-state index contributed by atoms with van der Waals surface area (Å²) >= 11 is 0. The number of ether oxygens (including phenoxy) is 1. The van der Waals surface area contributed by atoms with Gasteiger partial charge in [0.15, 0.2) is 6.10 Å². The molecule has 2 aromatic carbocycles. The summed E-state index contributed by atoms with van der Waals surface area (Å²) in [4.78, 5) is 18.6. The van der Waals surface area contributed by atoms with E-state index in [9.17, 15) is 4.79 Å². The van der Waals surface area contributed by atoms with Crippen LogP contribution in [0.2, 0.25) is 0 Å². The summed E-state index contributed by atoms with van der Waals surface area (Å²) in [6, 6.07) is 13.8. The minimum Gasteiger partial charge on any atom is -0.481 e. The molecule has 1 amide bonds. The van der Waals surface area contributed by atoms with Crippen molar-refractivity contribution in [1.82, 2.24) is 15.0 Å². The standard InChI is InChI=1S/C22H25N3O3/c1-14-7-6-8-18(12-14)21-23-20(28-24-21)13-25(5)22(26)17(4)27-19-10-9-15(2)11-16(19)3/h6-12,17H,13H2,1-5H3/t17-/m0/s1. The van der Waals surface area contributed by atoms with Crippen LogP contribution >= 0.6 is 0 Å². The molecular weight excluding hydrogens is 354 g/mol. The fourth-order valence-electron chi connectivity index (χ4n) is 2.98. The van der Waals surface area contributed by atoms with Crippen molar-refractivity contribution in [1.29, 1.82) is 0 Å². The van der Waals surface area contributed by atoms with Gasteiger partial charge < -0.3 is 14.2 Å². The van der Waals surface area contributed by atoms with Gasteiger partial charge in [-0.2, -0.15) is 4.98 Å². The quantitative estimate of drug-likeness (QED) is 0.645. The molecule has 3 aromatic rings. The topological polar surface area (TPSA) is 68.5 Å². The Balaban J connectivity index is 1.64. The van der Waals surface area contributed by atoms with E-state index in [-0.39, 0.29) is 12.5 Å². The van der Waals surface area contributed by atoms with Crippen LogP contribution in [0.5, 0.6) is 5.75 Å². The highest BCUT2D eigenvalue weighted by atomic mass is 16.5. The second-order valence-corrected chi connectivity index (χ2v) is 7.10. The Morgan fingerprint density at radius 1 is 1.14 bits per heavy atom. The predicted octanol–water partition coefficient (Wildman–Crippen LogP) is 4.09. The number of hydrogen-bond acceptors (Lipinski definition) is 5. The average Bonchev–Trinajstić information content (AvgIpc) is 3.11. The van der Waals surface area contributed by atoms with E-state index < -0.39 is 6.10 Å². The number of rotatable bonds is 6. The molecule has 1 heterocycles. The number of aryl methyl sites for hydroxylation is 3. The Kier molecular flexibility index (Phi) is 5.78. The SMILES string of the molecule is Cc1cccc(-c2noc(CN(C)C(=O)[C@H](C)Oc3ccc(C)cc3C)n2)c1. The van der Waals surface area contributed by atoms with Crippen LogP contribution < -0.4 is 4.74 Å². The molecule has 0 aliphatic carbocycles. The van der Waals surface area contributed by atoms with Gasteiger partial charge in [0.2, 0.25) is 11.7 Å². The molecule has 0 bridgehead atoms. The molecule has 0 unspecified atom stereocenters. The maximum absolute atomic E-state index is 12.7. The van der Waals surface area contributed by atoms with Crippen LogP contribution in [-0.2, 0) is 11.3 Å². The molecule has 6 nitrogen and oxygen atoms in total. The summed E-state index contributed by atoms with van der Waals surface area (Å²) in [7, 11) is 1.70. The summed E-state index contributed by atoms with van der Waals surface area (Å²) in [6.45, 7) is 7.96. The van der Waals surface area contributed by atoms with Crippen LogP contribution in [-0.4, -0.2) is 34.1 Å². The molecule has 0 aliphatic rings. The maximum atomic E-state index is 12.7. The van der Waals surface area contributed by atoms with Crippen LogP contribution in [0.25, 0.3) is 11.4 Å². The zero-order chi connectivity index (χ0) is 20.3. The Morgan fingerprint density at radius 3 is 2.61 bits per heavy atom. The summed E-state index contributed by atoms with van der Waals surface area (Å²) in [5.74, 6) is 1.44. The highest BCUT2D eigenvalue weighted by molar-refractivity contribution is 5.80. The van der Waals surface area contributed by atoms with E-state index in [2.05, 4.69) is 10.1 Å². The van der Waals surface area contributed by atoms with E-state index in [1.54, 1.807) is 14.0 Å². The van der Waals surface area contributed by atoms with Gasteiger partial charge in [0.25, 0.3) is 5.91 Å². The molecule has 0 spiro atoms. The lowest BCUT2D eigenvalue weighted by atomic mass is 10.1. The van der Waals surface area contributed by atoms with E-state index >= 15 is 0 Å². The number of benzene rings is 2. The highest BCUT2D eigenvalue weighted by Gasteiger charge is 2.22. The number of carbonyl (C=O) groups is 1. The first-order valence-electron chi connectivity index (χ1n) is 9.22. The van der Waals surface area contributed by atoms with Gasteiger partial charge in [-0.05, 0) is 45.4 Å². The van der Waals surface area contributed by atoms with E-state index in [1.807, 2.05) is 63.2 Å². The Hall–Kier alpha value is -3.15. The molecule has 28 heavy (non-hydrogen) atoms. The average molecular weight is 379 g/mol. The van der Waals surface area contributed by atoms with Crippen molar-refractivity contribution in [3.8, 4) is 17.1 Å². The van der Waals surface area contributed by atoms with Gasteiger partial charge in [-0.3, -0.25) is 4.79 Å². The molecule has 0 fully saturated rings. The number of likely N-dealkylation sites (N-methyl/N-ethyl adjacent to an activating group) is 1. The van der Waals surface area contributed by atoms with Gasteiger partial charge in [0.1, 0.15) is 5.75 Å². The molecule has 146 valence electrons. The zero-order valence-corrected chi connectivity index (χ0v) is 16.9. The first-order valence-corrected chi connectivity index (χ1v) is 9.22. The van der Waals surface area contributed by atoms with Crippen molar-refractivity contribution in [3.05, 3.63) is 65.0 Å². The van der Waals surface area contributed by atoms with Gasteiger partial charge in [0, 0.05) is 12.6 Å². The summed E-state index contributed by atoms with van der Waals surface area (Å²) in [5, 5.41) is 4.02. The molecule has 6 heteroatoms. The molecule has 0 saturated carbocycles. The number of nitrogens with zero attached hydrogens (tertiary/aromatic N) is 3. The molecular formula is C22H25N3O3. The van der Waals surface area contributed by atoms with E-state index in [0.29, 0.717) is 17.5 Å². The van der Waals surface area contributed by atoms with Gasteiger partial charge in [0.05, 0.1) is 6.54 Å². The zero-order valence-electron chi connectivity index (χ0n) is 16.9. The lowest BCUT2D eigenvalue weighted by Crippen LogP contribution is -2.37. The van der Waals surface area contributed by atoms with Crippen LogP contribution in [0, 0.1) is 20.8 Å². The van der Waals surface area contributed by atoms with Gasteiger partial charge in [-0.1, -0.05) is 46.6 Å². The Labute approximate surface area is 165 Å². The second kappa shape index (κ2) is 8.25. The maximum Gasteiger partial charge on any atom is 0.263 e. The Morgan fingerprint density at radius 2 is 1.89 bits per heavy atom.